The molecule has 0 unspecified atom stereocenters. The Labute approximate surface area is 126 Å². The Morgan fingerprint density at radius 2 is 2.00 bits per heavy atom. The van der Waals surface area contributed by atoms with E-state index in [1.54, 1.807) is 24.5 Å². The molecule has 2 aromatic rings. The van der Waals surface area contributed by atoms with E-state index in [0.717, 1.165) is 10.5 Å². The number of amides is 1. The topological polar surface area (TPSA) is 59.1 Å². The van der Waals surface area contributed by atoms with Crippen molar-refractivity contribution in [2.45, 2.75) is 4.90 Å². The molecule has 21 heavy (non-hydrogen) atoms. The van der Waals surface area contributed by atoms with Gasteiger partial charge < -0.3 is 5.32 Å². The first-order chi connectivity index (χ1) is 10.3. The standard InChI is InChI=1S/C16H16N2O2S/c19-16(9-8-14-5-4-10-17-13-14)18-11-12-21(20)15-6-2-1-3-7-15/h1-10,13H,11-12H2,(H,18,19)/b9-8-/t21-/m0/s1. The Morgan fingerprint density at radius 1 is 1.19 bits per heavy atom. The summed E-state index contributed by atoms with van der Waals surface area (Å²) in [6, 6.07) is 12.9. The molecule has 1 heterocycles. The van der Waals surface area contributed by atoms with Crippen LogP contribution >= 0.6 is 0 Å². The van der Waals surface area contributed by atoms with E-state index >= 15 is 0 Å². The van der Waals surface area contributed by atoms with Gasteiger partial charge >= 0.3 is 0 Å². The Bertz CT molecular complexity index is 627. The summed E-state index contributed by atoms with van der Waals surface area (Å²) in [5.41, 5.74) is 0.862. The van der Waals surface area contributed by atoms with E-state index in [-0.39, 0.29) is 5.91 Å². The number of pyridine rings is 1. The largest absolute Gasteiger partial charge is 0.352 e. The summed E-state index contributed by atoms with van der Waals surface area (Å²) < 4.78 is 11.9. The van der Waals surface area contributed by atoms with E-state index < -0.39 is 10.8 Å². The fourth-order valence-corrected chi connectivity index (χ4v) is 2.65. The van der Waals surface area contributed by atoms with E-state index in [2.05, 4.69) is 10.3 Å². The van der Waals surface area contributed by atoms with Gasteiger partial charge in [0.25, 0.3) is 0 Å². The zero-order valence-electron chi connectivity index (χ0n) is 11.4. The van der Waals surface area contributed by atoms with Crippen LogP contribution in [0.2, 0.25) is 0 Å². The summed E-state index contributed by atoms with van der Waals surface area (Å²) in [6.45, 7) is 0.373. The zero-order valence-corrected chi connectivity index (χ0v) is 12.3. The third-order valence-corrected chi connectivity index (χ3v) is 4.08. The second-order valence-corrected chi connectivity index (χ2v) is 5.84. The highest BCUT2D eigenvalue weighted by Gasteiger charge is 2.03. The van der Waals surface area contributed by atoms with Gasteiger partial charge in [-0.05, 0) is 29.8 Å². The highest BCUT2D eigenvalue weighted by atomic mass is 32.2. The molecule has 5 heteroatoms. The van der Waals surface area contributed by atoms with E-state index in [1.165, 1.54) is 6.08 Å². The van der Waals surface area contributed by atoms with Crippen LogP contribution in [0.25, 0.3) is 6.08 Å². The molecule has 1 N–H and O–H groups in total. The van der Waals surface area contributed by atoms with Crippen molar-refractivity contribution in [2.24, 2.45) is 0 Å². The van der Waals surface area contributed by atoms with Crippen LogP contribution in [0.5, 0.6) is 0 Å². The maximum Gasteiger partial charge on any atom is 0.244 e. The first kappa shape index (κ1) is 15.1. The van der Waals surface area contributed by atoms with Gasteiger partial charge in [0.2, 0.25) is 5.91 Å². The minimum atomic E-state index is -1.09. The number of carbonyl (C=O) groups is 1. The highest BCUT2D eigenvalue weighted by Crippen LogP contribution is 2.04. The van der Waals surface area contributed by atoms with Crippen LogP contribution in [-0.2, 0) is 15.6 Å². The maximum absolute atomic E-state index is 11.9. The molecule has 1 aromatic heterocycles. The minimum absolute atomic E-state index is 0.205. The average molecular weight is 300 g/mol. The van der Waals surface area contributed by atoms with Crippen LogP contribution in [0.4, 0.5) is 0 Å². The van der Waals surface area contributed by atoms with Crippen molar-refractivity contribution in [2.75, 3.05) is 12.3 Å². The lowest BCUT2D eigenvalue weighted by Gasteiger charge is -2.03. The first-order valence-corrected chi connectivity index (χ1v) is 7.87. The smallest absolute Gasteiger partial charge is 0.244 e. The van der Waals surface area contributed by atoms with Crippen molar-refractivity contribution >= 4 is 22.8 Å². The lowest BCUT2D eigenvalue weighted by atomic mass is 10.2. The molecule has 0 radical (unpaired) electrons. The maximum atomic E-state index is 11.9. The molecular weight excluding hydrogens is 284 g/mol. The zero-order chi connectivity index (χ0) is 14.9. The van der Waals surface area contributed by atoms with Gasteiger partial charge in [0.15, 0.2) is 0 Å². The monoisotopic (exact) mass is 300 g/mol. The van der Waals surface area contributed by atoms with Crippen LogP contribution in [0, 0.1) is 0 Å². The quantitative estimate of drug-likeness (QED) is 0.830. The summed E-state index contributed by atoms with van der Waals surface area (Å²) in [6.07, 6.45) is 6.49. The van der Waals surface area contributed by atoms with Crippen molar-refractivity contribution < 1.29 is 9.00 Å². The lowest BCUT2D eigenvalue weighted by Crippen LogP contribution is -2.25. The second kappa shape index (κ2) is 8.11. The van der Waals surface area contributed by atoms with E-state index in [4.69, 9.17) is 0 Å². The van der Waals surface area contributed by atoms with Crippen molar-refractivity contribution in [3.05, 3.63) is 66.5 Å². The summed E-state index contributed by atoms with van der Waals surface area (Å²) in [4.78, 5) is 16.4. The number of carbonyl (C=O) groups excluding carboxylic acids is 1. The van der Waals surface area contributed by atoms with E-state index in [0.29, 0.717) is 12.3 Å². The minimum Gasteiger partial charge on any atom is -0.352 e. The second-order valence-electron chi connectivity index (χ2n) is 4.27. The predicted octanol–water partition coefficient (Wildman–Crippen LogP) is 2.02. The number of hydrogen-bond acceptors (Lipinski definition) is 3. The van der Waals surface area contributed by atoms with Gasteiger partial charge in [-0.2, -0.15) is 0 Å². The number of hydrogen-bond donors (Lipinski definition) is 1. The van der Waals surface area contributed by atoms with Gasteiger partial charge in [0, 0.05) is 35.7 Å². The third kappa shape index (κ3) is 5.31. The summed E-state index contributed by atoms with van der Waals surface area (Å²) >= 11 is 0. The molecule has 2 rings (SSSR count). The van der Waals surface area contributed by atoms with Gasteiger partial charge in [0.1, 0.15) is 0 Å². The van der Waals surface area contributed by atoms with Crippen LogP contribution in [-0.4, -0.2) is 27.4 Å². The number of benzene rings is 1. The molecule has 0 spiro atoms. The fraction of sp³-hybridized carbons (Fsp3) is 0.125. The normalized spacial score (nSPS) is 12.2. The Balaban J connectivity index is 1.75. The van der Waals surface area contributed by atoms with Crippen LogP contribution in [0.1, 0.15) is 5.56 Å². The molecule has 0 saturated carbocycles. The summed E-state index contributed by atoms with van der Waals surface area (Å²) in [5.74, 6) is 0.195. The lowest BCUT2D eigenvalue weighted by molar-refractivity contribution is -0.116. The van der Waals surface area contributed by atoms with Crippen LogP contribution in [0.15, 0.2) is 65.8 Å². The predicted molar refractivity (Wildman–Crippen MR) is 84.0 cm³/mol. The molecule has 0 bridgehead atoms. The molecule has 0 aliphatic heterocycles. The Kier molecular flexibility index (Phi) is 5.84. The van der Waals surface area contributed by atoms with Gasteiger partial charge in [-0.3, -0.25) is 14.0 Å². The molecule has 1 atom stereocenters. The number of nitrogens with zero attached hydrogens (tertiary/aromatic N) is 1. The molecule has 0 saturated heterocycles. The molecule has 1 amide bonds. The SMILES string of the molecule is O=C(/C=C\c1cccnc1)NCC[S@](=O)c1ccccc1. The number of rotatable bonds is 6. The first-order valence-electron chi connectivity index (χ1n) is 6.55. The third-order valence-electron chi connectivity index (χ3n) is 2.70. The molecule has 1 aromatic carbocycles. The Morgan fingerprint density at radius 3 is 2.71 bits per heavy atom. The van der Waals surface area contributed by atoms with Crippen molar-refractivity contribution in [3.63, 3.8) is 0 Å². The number of aromatic nitrogens is 1. The molecule has 0 aliphatic carbocycles. The molecule has 108 valence electrons. The van der Waals surface area contributed by atoms with Gasteiger partial charge in [-0.15, -0.1) is 0 Å². The molecule has 0 aliphatic rings. The summed E-state index contributed by atoms with van der Waals surface area (Å²) in [7, 11) is -1.09. The fourth-order valence-electron chi connectivity index (χ4n) is 1.66. The summed E-state index contributed by atoms with van der Waals surface area (Å²) in [5, 5.41) is 2.71. The van der Waals surface area contributed by atoms with Gasteiger partial charge in [-0.1, -0.05) is 24.3 Å². The van der Waals surface area contributed by atoms with Crippen LogP contribution in [0.3, 0.4) is 0 Å². The van der Waals surface area contributed by atoms with Gasteiger partial charge in [0.05, 0.1) is 10.8 Å². The van der Waals surface area contributed by atoms with E-state index in [9.17, 15) is 9.00 Å². The highest BCUT2D eigenvalue weighted by molar-refractivity contribution is 7.85. The molecule has 4 nitrogen and oxygen atoms in total. The molecule has 0 fully saturated rings. The average Bonchev–Trinajstić information content (AvgIpc) is 2.54. The van der Waals surface area contributed by atoms with Crippen molar-refractivity contribution in [3.8, 4) is 0 Å². The van der Waals surface area contributed by atoms with Gasteiger partial charge in [-0.25, -0.2) is 0 Å². The van der Waals surface area contributed by atoms with E-state index in [1.807, 2.05) is 36.4 Å². The van der Waals surface area contributed by atoms with Crippen molar-refractivity contribution in [1.82, 2.24) is 10.3 Å². The Hall–Kier alpha value is -2.27. The van der Waals surface area contributed by atoms with Crippen molar-refractivity contribution in [1.29, 1.82) is 0 Å². The number of nitrogens with one attached hydrogen (secondary N) is 1. The molecular formula is C16H16N2O2S. The van der Waals surface area contributed by atoms with Crippen LogP contribution < -0.4 is 5.32 Å².